The van der Waals surface area contributed by atoms with E-state index in [1.165, 1.54) is 22.1 Å². The summed E-state index contributed by atoms with van der Waals surface area (Å²) in [5, 5.41) is 14.3. The summed E-state index contributed by atoms with van der Waals surface area (Å²) in [6.45, 7) is 9.45. The van der Waals surface area contributed by atoms with E-state index in [1.807, 2.05) is 6.92 Å². The van der Waals surface area contributed by atoms with E-state index in [2.05, 4.69) is 51.7 Å². The normalized spacial score (nSPS) is 11.5. The molecule has 0 saturated carbocycles. The Balaban J connectivity index is 2.11. The summed E-state index contributed by atoms with van der Waals surface area (Å²) >= 11 is 4.58. The van der Waals surface area contributed by atoms with Gasteiger partial charge in [0, 0.05) is 20.7 Å². The molecule has 0 spiro atoms. The topological polar surface area (TPSA) is 80.8 Å². The number of carbonyl (C=O) groups excluding carboxylic acids is 1. The minimum absolute atomic E-state index is 0.170. The average molecular weight is 427 g/mol. The second-order valence-electron chi connectivity index (χ2n) is 6.56. The number of ether oxygens (including phenoxy) is 1. The van der Waals surface area contributed by atoms with E-state index < -0.39 is 8.07 Å². The van der Waals surface area contributed by atoms with Gasteiger partial charge in [-0.2, -0.15) is 10.4 Å². The molecule has 0 radical (unpaired) electrons. The number of halogens is 1. The Hall–Kier alpha value is -1.34. The van der Waals surface area contributed by atoms with Crippen LogP contribution in [0.4, 0.5) is 0 Å². The van der Waals surface area contributed by atoms with E-state index in [0.29, 0.717) is 21.8 Å². The third kappa shape index (κ3) is 4.83. The van der Waals surface area contributed by atoms with Gasteiger partial charge in [0.05, 0.1) is 5.01 Å². The van der Waals surface area contributed by atoms with Gasteiger partial charge in [0.1, 0.15) is 33.7 Å². The SMILES string of the molecule is Cc1nc(Br)c(C(=O)c2cc(C#N)n(COCC[Si](C)(C)C)n2)s1. The molecule has 0 unspecified atom stereocenters. The van der Waals surface area contributed by atoms with Crippen molar-refractivity contribution >= 4 is 41.1 Å². The number of ketones is 1. The zero-order valence-corrected chi connectivity index (χ0v) is 17.5. The molecule has 0 bridgehead atoms. The molecule has 2 heterocycles. The molecular weight excluding hydrogens is 408 g/mol. The van der Waals surface area contributed by atoms with E-state index >= 15 is 0 Å². The maximum Gasteiger partial charge on any atom is 0.226 e. The van der Waals surface area contributed by atoms with Crippen LogP contribution < -0.4 is 0 Å². The molecule has 24 heavy (non-hydrogen) atoms. The Bertz CT molecular complexity index is 788. The number of hydrogen-bond acceptors (Lipinski definition) is 6. The van der Waals surface area contributed by atoms with Crippen LogP contribution in [-0.2, 0) is 11.5 Å². The molecule has 0 aromatic carbocycles. The summed E-state index contributed by atoms with van der Waals surface area (Å²) in [6.07, 6.45) is 0. The van der Waals surface area contributed by atoms with Crippen molar-refractivity contribution in [2.24, 2.45) is 0 Å². The van der Waals surface area contributed by atoms with Crippen LogP contribution in [0.25, 0.3) is 0 Å². The molecule has 2 rings (SSSR count). The van der Waals surface area contributed by atoms with Crippen LogP contribution >= 0.6 is 27.3 Å². The molecule has 9 heteroatoms. The smallest absolute Gasteiger partial charge is 0.226 e. The van der Waals surface area contributed by atoms with E-state index in [1.54, 1.807) is 0 Å². The minimum Gasteiger partial charge on any atom is -0.359 e. The third-order valence-electron chi connectivity index (χ3n) is 3.24. The van der Waals surface area contributed by atoms with Crippen LogP contribution in [0.1, 0.15) is 26.1 Å². The Kier molecular flexibility index (Phi) is 6.09. The van der Waals surface area contributed by atoms with Crippen molar-refractivity contribution in [1.29, 1.82) is 5.26 Å². The molecule has 0 N–H and O–H groups in total. The Labute approximate surface area is 154 Å². The maximum absolute atomic E-state index is 12.5. The zero-order chi connectivity index (χ0) is 17.9. The average Bonchev–Trinajstić information content (AvgIpc) is 3.04. The number of nitriles is 1. The van der Waals surface area contributed by atoms with Gasteiger partial charge in [0.25, 0.3) is 0 Å². The molecule has 2 aromatic rings. The lowest BCUT2D eigenvalue weighted by molar-refractivity contribution is 0.0774. The summed E-state index contributed by atoms with van der Waals surface area (Å²) in [7, 11) is -1.16. The molecule has 0 saturated heterocycles. The fourth-order valence-electron chi connectivity index (χ4n) is 1.90. The first-order chi connectivity index (χ1) is 11.2. The molecule has 0 aliphatic carbocycles. The summed E-state index contributed by atoms with van der Waals surface area (Å²) in [5.74, 6) is -0.246. The molecule has 0 aliphatic rings. The van der Waals surface area contributed by atoms with Crippen LogP contribution in [0.5, 0.6) is 0 Å². The van der Waals surface area contributed by atoms with Gasteiger partial charge in [-0.1, -0.05) is 19.6 Å². The van der Waals surface area contributed by atoms with Crippen molar-refractivity contribution in [2.75, 3.05) is 6.61 Å². The third-order valence-corrected chi connectivity index (χ3v) is 6.75. The lowest BCUT2D eigenvalue weighted by Gasteiger charge is -2.15. The molecular formula is C15H19BrN4O2SSi. The predicted octanol–water partition coefficient (Wildman–Crippen LogP) is 3.83. The second kappa shape index (κ2) is 7.69. The molecule has 128 valence electrons. The van der Waals surface area contributed by atoms with E-state index in [-0.39, 0.29) is 18.2 Å². The lowest BCUT2D eigenvalue weighted by atomic mass is 10.2. The summed E-state index contributed by atoms with van der Waals surface area (Å²) in [4.78, 5) is 17.2. The highest BCUT2D eigenvalue weighted by molar-refractivity contribution is 9.10. The standard InChI is InChI=1S/C15H19BrN4O2SSi/c1-10-18-15(16)14(23-10)13(21)12-7-11(8-17)20(19-12)9-22-5-6-24(2,3)4/h7H,5-6,9H2,1-4H3. The van der Waals surface area contributed by atoms with Crippen LogP contribution in [0, 0.1) is 18.3 Å². The highest BCUT2D eigenvalue weighted by atomic mass is 79.9. The highest BCUT2D eigenvalue weighted by Gasteiger charge is 2.21. The number of thiazole rings is 1. The van der Waals surface area contributed by atoms with Crippen molar-refractivity contribution in [1.82, 2.24) is 14.8 Å². The van der Waals surface area contributed by atoms with E-state index in [9.17, 15) is 10.1 Å². The summed E-state index contributed by atoms with van der Waals surface area (Å²) in [6, 6.07) is 4.58. The van der Waals surface area contributed by atoms with Crippen molar-refractivity contribution < 1.29 is 9.53 Å². The second-order valence-corrected chi connectivity index (χ2v) is 14.1. The van der Waals surface area contributed by atoms with Crippen molar-refractivity contribution in [3.05, 3.63) is 31.9 Å². The first kappa shape index (κ1) is 19.0. The number of rotatable bonds is 7. The maximum atomic E-state index is 12.5. The van der Waals surface area contributed by atoms with Crippen molar-refractivity contribution in [2.45, 2.75) is 39.3 Å². The number of nitrogens with zero attached hydrogens (tertiary/aromatic N) is 4. The van der Waals surface area contributed by atoms with E-state index in [4.69, 9.17) is 4.74 Å². The number of hydrogen-bond donors (Lipinski definition) is 0. The summed E-state index contributed by atoms with van der Waals surface area (Å²) < 4.78 is 7.56. The van der Waals surface area contributed by atoms with Crippen LogP contribution in [-0.4, -0.2) is 35.2 Å². The molecule has 0 fully saturated rings. The van der Waals surface area contributed by atoms with Gasteiger partial charge in [-0.25, -0.2) is 9.67 Å². The van der Waals surface area contributed by atoms with Gasteiger partial charge < -0.3 is 4.74 Å². The van der Waals surface area contributed by atoms with Crippen molar-refractivity contribution in [3.63, 3.8) is 0 Å². The fourth-order valence-corrected chi connectivity index (χ4v) is 4.23. The van der Waals surface area contributed by atoms with Gasteiger partial charge in [0.15, 0.2) is 0 Å². The molecule has 6 nitrogen and oxygen atoms in total. The Morgan fingerprint density at radius 3 is 2.75 bits per heavy atom. The van der Waals surface area contributed by atoms with Crippen molar-refractivity contribution in [3.8, 4) is 6.07 Å². The molecule has 0 atom stereocenters. The Morgan fingerprint density at radius 1 is 1.50 bits per heavy atom. The van der Waals surface area contributed by atoms with Gasteiger partial charge in [-0.3, -0.25) is 4.79 Å². The van der Waals surface area contributed by atoms with E-state index in [0.717, 1.165) is 11.1 Å². The zero-order valence-electron chi connectivity index (χ0n) is 14.1. The minimum atomic E-state index is -1.16. The summed E-state index contributed by atoms with van der Waals surface area (Å²) in [5.41, 5.74) is 0.536. The fraction of sp³-hybridized carbons (Fsp3) is 0.467. The molecule has 0 aliphatic heterocycles. The van der Waals surface area contributed by atoms with Gasteiger partial charge in [0.2, 0.25) is 5.78 Å². The number of aromatic nitrogens is 3. The Morgan fingerprint density at radius 2 is 2.21 bits per heavy atom. The first-order valence-corrected chi connectivity index (χ1v) is 12.8. The monoisotopic (exact) mass is 426 g/mol. The quantitative estimate of drug-likeness (QED) is 0.381. The van der Waals surface area contributed by atoms with Crippen LogP contribution in [0.3, 0.4) is 0 Å². The highest BCUT2D eigenvalue weighted by Crippen LogP contribution is 2.25. The lowest BCUT2D eigenvalue weighted by Crippen LogP contribution is -2.22. The van der Waals surface area contributed by atoms with Crippen LogP contribution in [0.2, 0.25) is 25.7 Å². The number of aryl methyl sites for hydroxylation is 1. The number of carbonyl (C=O) groups is 1. The molecule has 0 amide bonds. The van der Waals surface area contributed by atoms with Gasteiger partial charge in [-0.05, 0) is 28.9 Å². The molecule has 2 aromatic heterocycles. The largest absolute Gasteiger partial charge is 0.359 e. The van der Waals surface area contributed by atoms with Crippen LogP contribution in [0.15, 0.2) is 10.7 Å². The van der Waals surface area contributed by atoms with Gasteiger partial charge in [-0.15, -0.1) is 11.3 Å². The predicted molar refractivity (Wildman–Crippen MR) is 99.0 cm³/mol. The first-order valence-electron chi connectivity index (χ1n) is 7.44. The van der Waals surface area contributed by atoms with Gasteiger partial charge >= 0.3 is 0 Å².